The Kier molecular flexibility index (Phi) is 5.52. The number of hydrogen-bond donors (Lipinski definition) is 1. The van der Waals surface area contributed by atoms with Crippen molar-refractivity contribution < 1.29 is 14.3 Å². The molecule has 0 fully saturated rings. The highest BCUT2D eigenvalue weighted by Crippen LogP contribution is 2.21. The van der Waals surface area contributed by atoms with Crippen LogP contribution in [0, 0.1) is 0 Å². The normalized spacial score (nSPS) is 11.8. The Morgan fingerprint density at radius 2 is 2.29 bits per heavy atom. The number of primary amides is 1. The first-order valence-corrected chi connectivity index (χ1v) is 5.43. The summed E-state index contributed by atoms with van der Waals surface area (Å²) in [7, 11) is 0. The summed E-state index contributed by atoms with van der Waals surface area (Å²) in [4.78, 5) is 10.3. The third-order valence-electron chi connectivity index (χ3n) is 2.02. The molecule has 0 aliphatic heterocycles. The molecule has 0 heterocycles. The minimum absolute atomic E-state index is 0.111. The number of carbonyl (C=O) groups is 1. The lowest BCUT2D eigenvalue weighted by Gasteiger charge is -2.14. The van der Waals surface area contributed by atoms with Gasteiger partial charge in [0, 0.05) is 5.02 Å². The van der Waals surface area contributed by atoms with Gasteiger partial charge in [0.05, 0.1) is 6.61 Å². The van der Waals surface area contributed by atoms with E-state index >= 15 is 0 Å². The van der Waals surface area contributed by atoms with Crippen LogP contribution in [0.3, 0.4) is 0 Å². The van der Waals surface area contributed by atoms with Crippen LogP contribution in [0.15, 0.2) is 36.9 Å². The van der Waals surface area contributed by atoms with Crippen molar-refractivity contribution in [3.05, 3.63) is 47.5 Å². The van der Waals surface area contributed by atoms with Crippen molar-refractivity contribution in [3.8, 4) is 0 Å². The summed E-state index contributed by atoms with van der Waals surface area (Å²) in [5, 5.41) is 0.631. The van der Waals surface area contributed by atoms with Crippen molar-refractivity contribution in [2.24, 2.45) is 5.73 Å². The van der Waals surface area contributed by atoms with E-state index in [1.165, 1.54) is 0 Å². The topological polar surface area (TPSA) is 61.6 Å². The van der Waals surface area contributed by atoms with Crippen LogP contribution in [-0.4, -0.2) is 19.3 Å². The lowest BCUT2D eigenvalue weighted by Crippen LogP contribution is -2.17. The van der Waals surface area contributed by atoms with Crippen LogP contribution in [0.25, 0.3) is 0 Å². The molecule has 0 saturated heterocycles. The van der Waals surface area contributed by atoms with Gasteiger partial charge in [-0.3, -0.25) is 0 Å². The van der Waals surface area contributed by atoms with Crippen LogP contribution in [-0.2, 0) is 9.47 Å². The molecule has 17 heavy (non-hydrogen) atoms. The molecule has 1 aromatic carbocycles. The highest BCUT2D eigenvalue weighted by Gasteiger charge is 2.08. The van der Waals surface area contributed by atoms with Gasteiger partial charge in [-0.2, -0.15) is 0 Å². The molecule has 0 bridgehead atoms. The van der Waals surface area contributed by atoms with E-state index in [9.17, 15) is 4.79 Å². The number of hydrogen-bond acceptors (Lipinski definition) is 3. The van der Waals surface area contributed by atoms with E-state index in [0.717, 1.165) is 5.56 Å². The van der Waals surface area contributed by atoms with Crippen molar-refractivity contribution in [2.75, 3.05) is 13.2 Å². The summed E-state index contributed by atoms with van der Waals surface area (Å²) < 4.78 is 10.0. The van der Waals surface area contributed by atoms with Crippen LogP contribution < -0.4 is 5.73 Å². The molecule has 1 aromatic rings. The van der Waals surface area contributed by atoms with Crippen molar-refractivity contribution >= 4 is 17.7 Å². The first kappa shape index (κ1) is 13.5. The van der Waals surface area contributed by atoms with Gasteiger partial charge in [0.15, 0.2) is 0 Å². The second kappa shape index (κ2) is 6.93. The maximum atomic E-state index is 10.3. The Labute approximate surface area is 105 Å². The maximum Gasteiger partial charge on any atom is 0.404 e. The second-order valence-electron chi connectivity index (χ2n) is 3.25. The first-order chi connectivity index (χ1) is 8.13. The zero-order chi connectivity index (χ0) is 12.7. The molecule has 1 rings (SSSR count). The van der Waals surface area contributed by atoms with E-state index in [4.69, 9.17) is 22.1 Å². The lowest BCUT2D eigenvalue weighted by molar-refractivity contribution is 0.0459. The highest BCUT2D eigenvalue weighted by molar-refractivity contribution is 6.30. The molecule has 1 atom stereocenters. The van der Waals surface area contributed by atoms with E-state index in [0.29, 0.717) is 5.02 Å². The number of benzene rings is 1. The summed E-state index contributed by atoms with van der Waals surface area (Å²) in [6.45, 7) is 4.03. The molecule has 5 heteroatoms. The number of nitrogens with two attached hydrogens (primary N) is 1. The van der Waals surface area contributed by atoms with Crippen molar-refractivity contribution in [2.45, 2.75) is 6.10 Å². The Balaban J connectivity index is 2.48. The molecule has 4 nitrogen and oxygen atoms in total. The van der Waals surface area contributed by atoms with E-state index in [2.05, 4.69) is 11.3 Å². The van der Waals surface area contributed by atoms with E-state index < -0.39 is 6.09 Å². The minimum atomic E-state index is -0.813. The fourth-order valence-electron chi connectivity index (χ4n) is 1.30. The molecular weight excluding hydrogens is 242 g/mol. The van der Waals surface area contributed by atoms with Crippen LogP contribution in [0.5, 0.6) is 0 Å². The SMILES string of the molecule is C=C[C@H](OCCOC(N)=O)c1cccc(Cl)c1. The summed E-state index contributed by atoms with van der Waals surface area (Å²) >= 11 is 5.87. The molecular formula is C12H14ClNO3. The quantitative estimate of drug-likeness (QED) is 0.628. The van der Waals surface area contributed by atoms with Gasteiger partial charge in [-0.1, -0.05) is 29.8 Å². The molecule has 0 aromatic heterocycles. The molecule has 1 amide bonds. The predicted molar refractivity (Wildman–Crippen MR) is 65.9 cm³/mol. The monoisotopic (exact) mass is 255 g/mol. The van der Waals surface area contributed by atoms with Gasteiger partial charge >= 0.3 is 6.09 Å². The Bertz CT molecular complexity index is 395. The van der Waals surface area contributed by atoms with Crippen molar-refractivity contribution in [1.29, 1.82) is 0 Å². The molecule has 0 unspecified atom stereocenters. The molecule has 0 spiro atoms. The second-order valence-corrected chi connectivity index (χ2v) is 3.69. The molecule has 0 saturated carbocycles. The van der Waals surface area contributed by atoms with E-state index in [1.807, 2.05) is 12.1 Å². The molecule has 0 aliphatic rings. The van der Waals surface area contributed by atoms with E-state index in [1.54, 1.807) is 18.2 Å². The highest BCUT2D eigenvalue weighted by atomic mass is 35.5. The Morgan fingerprint density at radius 1 is 1.53 bits per heavy atom. The van der Waals surface area contributed by atoms with Crippen molar-refractivity contribution in [3.63, 3.8) is 0 Å². The first-order valence-electron chi connectivity index (χ1n) is 5.05. The fourth-order valence-corrected chi connectivity index (χ4v) is 1.50. The summed E-state index contributed by atoms with van der Waals surface area (Å²) in [5.41, 5.74) is 5.71. The number of rotatable bonds is 6. The number of halogens is 1. The summed E-state index contributed by atoms with van der Waals surface area (Å²) in [6.07, 6.45) is 0.548. The zero-order valence-corrected chi connectivity index (χ0v) is 10.0. The van der Waals surface area contributed by atoms with Gasteiger partial charge in [-0.05, 0) is 17.7 Å². The third kappa shape index (κ3) is 4.89. The minimum Gasteiger partial charge on any atom is -0.447 e. The Morgan fingerprint density at radius 3 is 2.88 bits per heavy atom. The fraction of sp³-hybridized carbons (Fsp3) is 0.250. The van der Waals surface area contributed by atoms with Gasteiger partial charge in [-0.25, -0.2) is 4.79 Å². The zero-order valence-electron chi connectivity index (χ0n) is 9.27. The largest absolute Gasteiger partial charge is 0.447 e. The maximum absolute atomic E-state index is 10.3. The van der Waals surface area contributed by atoms with Gasteiger partial charge in [0.25, 0.3) is 0 Å². The van der Waals surface area contributed by atoms with Gasteiger partial charge < -0.3 is 15.2 Å². The average molecular weight is 256 g/mol. The molecule has 0 radical (unpaired) electrons. The summed E-state index contributed by atoms with van der Waals surface area (Å²) in [6, 6.07) is 7.29. The number of ether oxygens (including phenoxy) is 2. The van der Waals surface area contributed by atoms with Gasteiger partial charge in [0.2, 0.25) is 0 Å². The van der Waals surface area contributed by atoms with Crippen LogP contribution >= 0.6 is 11.6 Å². The summed E-state index contributed by atoms with van der Waals surface area (Å²) in [5.74, 6) is 0. The van der Waals surface area contributed by atoms with Crippen LogP contribution in [0.1, 0.15) is 11.7 Å². The van der Waals surface area contributed by atoms with Gasteiger partial charge in [0.1, 0.15) is 12.7 Å². The Hall–Kier alpha value is -1.52. The smallest absolute Gasteiger partial charge is 0.404 e. The van der Waals surface area contributed by atoms with Crippen molar-refractivity contribution in [1.82, 2.24) is 0 Å². The third-order valence-corrected chi connectivity index (χ3v) is 2.25. The van der Waals surface area contributed by atoms with Crippen LogP contribution in [0.2, 0.25) is 5.02 Å². The number of amides is 1. The standard InChI is InChI=1S/C12H14ClNO3/c1-2-11(16-6-7-17-12(14)15)9-4-3-5-10(13)8-9/h2-5,8,11H,1,6-7H2,(H2,14,15)/t11-/m0/s1. The van der Waals surface area contributed by atoms with Crippen LogP contribution in [0.4, 0.5) is 4.79 Å². The lowest BCUT2D eigenvalue weighted by atomic mass is 10.1. The molecule has 2 N–H and O–H groups in total. The molecule has 0 aliphatic carbocycles. The van der Waals surface area contributed by atoms with E-state index in [-0.39, 0.29) is 19.3 Å². The van der Waals surface area contributed by atoms with Gasteiger partial charge in [-0.15, -0.1) is 6.58 Å². The predicted octanol–water partition coefficient (Wildman–Crippen LogP) is 2.68. The molecule has 92 valence electrons. The average Bonchev–Trinajstić information content (AvgIpc) is 2.29. The number of carbonyl (C=O) groups excluding carboxylic acids is 1.